The molecule has 226 valence electrons. The van der Waals surface area contributed by atoms with Gasteiger partial charge in [-0.05, 0) is 39.2 Å². The molecular formula is C29H34FN9O2S2. The highest BCUT2D eigenvalue weighted by Gasteiger charge is 2.56. The number of nitriles is 2. The number of carbonyl (C=O) groups excluding carboxylic acids is 1. The smallest absolute Gasteiger partial charge is 0.320 e. The van der Waals surface area contributed by atoms with Crippen LogP contribution in [0.25, 0.3) is 0 Å². The standard InChI is InChI=1S/C29H34FN9O2S2/c1-16(28(5-6-28)25(34)40)37(2)23-19(10-32)24(36-26(35-23)41-15-27-4-3-7-39(27)11-17(30)8-27)38-13-29(14-38)21-18(9-31)22(33)43-20(21)12-42-29/h16-17H,3-8,11-15,33H2,1-2H3,(H2,34,40)/t16?,17?,27-/m0/s1. The Labute approximate surface area is 258 Å². The largest absolute Gasteiger partial charge is 0.461 e. The SMILES string of the molecule is CC(N(C)c1nc(OC[C@@]23CCCN2CC(F)C3)nc(N2CC3(C2)SCc2sc(N)c(C#N)c23)c1C#N)C1(C(N)=O)CC1. The number of fused-ring (bicyclic) bond motifs is 3. The average molecular weight is 624 g/mol. The van der Waals surface area contributed by atoms with Gasteiger partial charge in [-0.25, -0.2) is 4.39 Å². The topological polar surface area (TPSA) is 161 Å². The third-order valence-electron chi connectivity index (χ3n) is 10.4. The molecule has 5 aliphatic rings. The predicted molar refractivity (Wildman–Crippen MR) is 163 cm³/mol. The van der Waals surface area contributed by atoms with Crippen LogP contribution in [0.15, 0.2) is 0 Å². The number of anilines is 3. The van der Waals surface area contributed by atoms with E-state index in [0.29, 0.717) is 61.1 Å². The number of hydrogen-bond acceptors (Lipinski definition) is 12. The second-order valence-corrected chi connectivity index (χ2v) is 15.2. The minimum atomic E-state index is -0.886. The fourth-order valence-corrected chi connectivity index (χ4v) is 10.5. The third-order valence-corrected chi connectivity index (χ3v) is 13.1. The molecule has 4 fully saturated rings. The number of nitrogens with zero attached hydrogens (tertiary/aromatic N) is 7. The number of carbonyl (C=O) groups is 1. The van der Waals surface area contributed by atoms with E-state index in [1.54, 1.807) is 11.8 Å². The maximum Gasteiger partial charge on any atom is 0.320 e. The fraction of sp³-hybridized carbons (Fsp3) is 0.621. The Hall–Kier alpha value is -3.33. The zero-order valence-corrected chi connectivity index (χ0v) is 25.9. The number of thiophene rings is 1. The molecule has 1 aliphatic carbocycles. The molecule has 1 spiro atoms. The van der Waals surface area contributed by atoms with E-state index in [0.717, 1.165) is 35.6 Å². The number of hydrogen-bond donors (Lipinski definition) is 2. The summed E-state index contributed by atoms with van der Waals surface area (Å²) < 4.78 is 20.4. The zero-order valence-electron chi connectivity index (χ0n) is 24.2. The van der Waals surface area contributed by atoms with Crippen molar-refractivity contribution in [3.63, 3.8) is 0 Å². The van der Waals surface area contributed by atoms with Crippen LogP contribution in [0.1, 0.15) is 60.6 Å². The lowest BCUT2D eigenvalue weighted by Gasteiger charge is -2.49. The number of nitrogens with two attached hydrogens (primary N) is 2. The molecule has 4 aliphatic heterocycles. The minimum Gasteiger partial charge on any atom is -0.461 e. The number of aromatic nitrogens is 2. The number of halogens is 1. The predicted octanol–water partition coefficient (Wildman–Crippen LogP) is 2.87. The Morgan fingerprint density at radius 3 is 2.67 bits per heavy atom. The lowest BCUT2D eigenvalue weighted by atomic mass is 9.88. The molecule has 3 atom stereocenters. The number of amides is 1. The van der Waals surface area contributed by atoms with E-state index < -0.39 is 11.6 Å². The van der Waals surface area contributed by atoms with E-state index in [2.05, 4.69) is 17.0 Å². The molecule has 7 rings (SSSR count). The van der Waals surface area contributed by atoms with Gasteiger partial charge in [-0.15, -0.1) is 23.1 Å². The highest BCUT2D eigenvalue weighted by molar-refractivity contribution is 8.00. The summed E-state index contributed by atoms with van der Waals surface area (Å²) in [6, 6.07) is 4.44. The first-order valence-corrected chi connectivity index (χ1v) is 16.4. The fourth-order valence-electron chi connectivity index (χ4n) is 7.71. The van der Waals surface area contributed by atoms with Gasteiger partial charge in [-0.3, -0.25) is 9.69 Å². The summed E-state index contributed by atoms with van der Waals surface area (Å²) in [5, 5.41) is 20.8. The summed E-state index contributed by atoms with van der Waals surface area (Å²) in [5.41, 5.74) is 12.8. The van der Waals surface area contributed by atoms with Gasteiger partial charge in [0.25, 0.3) is 0 Å². The molecule has 2 aromatic heterocycles. The van der Waals surface area contributed by atoms with Gasteiger partial charge in [0.05, 0.1) is 21.3 Å². The van der Waals surface area contributed by atoms with Crippen molar-refractivity contribution < 1.29 is 13.9 Å². The molecule has 6 heterocycles. The van der Waals surface area contributed by atoms with E-state index >= 15 is 0 Å². The number of primary amides is 1. The van der Waals surface area contributed by atoms with Gasteiger partial charge >= 0.3 is 6.01 Å². The van der Waals surface area contributed by atoms with Crippen molar-refractivity contribution in [2.75, 3.05) is 55.4 Å². The summed E-state index contributed by atoms with van der Waals surface area (Å²) in [5.74, 6) is 1.25. The van der Waals surface area contributed by atoms with Crippen LogP contribution in [-0.4, -0.2) is 78.4 Å². The van der Waals surface area contributed by atoms with E-state index in [9.17, 15) is 19.7 Å². The second kappa shape index (κ2) is 9.84. The highest BCUT2D eigenvalue weighted by atomic mass is 32.2. The molecule has 2 unspecified atom stereocenters. The van der Waals surface area contributed by atoms with Crippen LogP contribution in [0, 0.1) is 28.1 Å². The molecule has 4 N–H and O–H groups in total. The number of ether oxygens (including phenoxy) is 1. The average Bonchev–Trinajstić information content (AvgIpc) is 3.26. The monoisotopic (exact) mass is 623 g/mol. The van der Waals surface area contributed by atoms with E-state index in [1.165, 1.54) is 11.3 Å². The molecule has 1 saturated carbocycles. The van der Waals surface area contributed by atoms with Crippen molar-refractivity contribution in [2.24, 2.45) is 11.1 Å². The lowest BCUT2D eigenvalue weighted by molar-refractivity contribution is -0.123. The maximum atomic E-state index is 14.4. The molecule has 2 aromatic rings. The zero-order chi connectivity index (χ0) is 30.3. The Balaban J connectivity index is 1.24. The molecule has 1 amide bonds. The number of alkyl halides is 1. The van der Waals surface area contributed by atoms with Gasteiger partial charge in [0.2, 0.25) is 5.91 Å². The Morgan fingerprint density at radius 2 is 2.00 bits per heavy atom. The van der Waals surface area contributed by atoms with Crippen molar-refractivity contribution in [3.8, 4) is 18.1 Å². The van der Waals surface area contributed by atoms with Crippen LogP contribution in [0.3, 0.4) is 0 Å². The number of thioether (sulfide) groups is 1. The first-order valence-electron chi connectivity index (χ1n) is 14.6. The number of nitrogen functional groups attached to an aromatic ring is 1. The molecule has 0 bridgehead atoms. The molecule has 43 heavy (non-hydrogen) atoms. The van der Waals surface area contributed by atoms with Crippen molar-refractivity contribution in [3.05, 3.63) is 21.6 Å². The number of rotatable bonds is 8. The van der Waals surface area contributed by atoms with Crippen LogP contribution >= 0.6 is 23.1 Å². The van der Waals surface area contributed by atoms with Crippen LogP contribution in [-0.2, 0) is 15.3 Å². The first-order chi connectivity index (χ1) is 20.6. The van der Waals surface area contributed by atoms with E-state index in [4.69, 9.17) is 26.2 Å². The van der Waals surface area contributed by atoms with Crippen LogP contribution in [0.5, 0.6) is 6.01 Å². The summed E-state index contributed by atoms with van der Waals surface area (Å²) in [6.07, 6.45) is 2.73. The molecule has 0 aromatic carbocycles. The summed E-state index contributed by atoms with van der Waals surface area (Å²) in [4.78, 5) is 29.1. The Morgan fingerprint density at radius 1 is 1.26 bits per heavy atom. The quantitative estimate of drug-likeness (QED) is 0.445. The van der Waals surface area contributed by atoms with Gasteiger partial charge in [-0.1, -0.05) is 0 Å². The van der Waals surface area contributed by atoms with Crippen LogP contribution < -0.4 is 26.0 Å². The van der Waals surface area contributed by atoms with Crippen LogP contribution in [0.2, 0.25) is 0 Å². The van der Waals surface area contributed by atoms with Gasteiger partial charge in [0.15, 0.2) is 11.6 Å². The van der Waals surface area contributed by atoms with Crippen LogP contribution in [0.4, 0.5) is 21.0 Å². The Bertz CT molecular complexity index is 1590. The summed E-state index contributed by atoms with van der Waals surface area (Å²) in [7, 11) is 1.82. The van der Waals surface area contributed by atoms with Gasteiger partial charge in [0.1, 0.15) is 35.5 Å². The van der Waals surface area contributed by atoms with Gasteiger partial charge < -0.3 is 26.0 Å². The second-order valence-electron chi connectivity index (χ2n) is 12.7. The van der Waals surface area contributed by atoms with Gasteiger partial charge in [-0.2, -0.15) is 20.5 Å². The lowest BCUT2D eigenvalue weighted by Crippen LogP contribution is -2.57. The highest BCUT2D eigenvalue weighted by Crippen LogP contribution is 2.58. The molecule has 3 saturated heterocycles. The van der Waals surface area contributed by atoms with Crippen molar-refractivity contribution in [1.82, 2.24) is 14.9 Å². The third kappa shape index (κ3) is 4.17. The van der Waals surface area contributed by atoms with E-state index in [-0.39, 0.29) is 40.4 Å². The van der Waals surface area contributed by atoms with E-state index in [1.807, 2.05) is 23.8 Å². The molecule has 14 heteroatoms. The molecule has 11 nitrogen and oxygen atoms in total. The normalized spacial score (nSPS) is 26.7. The molecular weight excluding hydrogens is 590 g/mol. The summed E-state index contributed by atoms with van der Waals surface area (Å²) >= 11 is 3.27. The maximum absolute atomic E-state index is 14.4. The minimum absolute atomic E-state index is 0.119. The Kier molecular flexibility index (Phi) is 6.51. The van der Waals surface area contributed by atoms with Gasteiger partial charge in [0, 0.05) is 55.3 Å². The van der Waals surface area contributed by atoms with Crippen molar-refractivity contribution in [2.45, 2.75) is 67.3 Å². The van der Waals surface area contributed by atoms with Crippen molar-refractivity contribution in [1.29, 1.82) is 10.5 Å². The van der Waals surface area contributed by atoms with Crippen molar-refractivity contribution >= 4 is 45.6 Å². The molecule has 0 radical (unpaired) electrons. The first kappa shape index (κ1) is 28.4. The summed E-state index contributed by atoms with van der Waals surface area (Å²) in [6.45, 7) is 4.54.